The minimum absolute atomic E-state index is 0.123. The number of ether oxygens (including phenoxy) is 1. The maximum Gasteiger partial charge on any atom is 0.171 e. The highest BCUT2D eigenvalue weighted by atomic mass is 32.2. The van der Waals surface area contributed by atoms with E-state index >= 15 is 0 Å². The van der Waals surface area contributed by atoms with Crippen LogP contribution < -0.4 is 9.62 Å². The summed E-state index contributed by atoms with van der Waals surface area (Å²) in [7, 11) is 0. The van der Waals surface area contributed by atoms with E-state index in [2.05, 4.69) is 59.9 Å². The molecular formula is C24H31N3O3S. The van der Waals surface area contributed by atoms with Crippen LogP contribution in [0.15, 0.2) is 41.3 Å². The molecule has 0 saturated carbocycles. The summed E-state index contributed by atoms with van der Waals surface area (Å²) >= 11 is 1.14. The Kier molecular flexibility index (Phi) is 8.76. The molecule has 0 spiro atoms. The summed E-state index contributed by atoms with van der Waals surface area (Å²) in [6, 6.07) is 14.4. The third kappa shape index (κ3) is 6.45. The minimum atomic E-state index is -0.995. The first-order valence-corrected chi connectivity index (χ1v) is 11.7. The van der Waals surface area contributed by atoms with Gasteiger partial charge in [-0.2, -0.15) is 5.26 Å². The van der Waals surface area contributed by atoms with Gasteiger partial charge in [-0.05, 0) is 71.8 Å². The van der Waals surface area contributed by atoms with Crippen LogP contribution >= 0.6 is 11.9 Å². The second-order valence-electron chi connectivity index (χ2n) is 7.84. The molecule has 3 N–H and O–H groups in total. The van der Waals surface area contributed by atoms with Crippen molar-refractivity contribution >= 4 is 34.5 Å². The van der Waals surface area contributed by atoms with Crippen LogP contribution in [0.3, 0.4) is 0 Å². The second-order valence-corrected chi connectivity index (χ2v) is 8.72. The fraction of sp³-hybridized carbons (Fsp3) is 0.458. The first kappa shape index (κ1) is 23.6. The van der Waals surface area contributed by atoms with Gasteiger partial charge >= 0.3 is 0 Å². The lowest BCUT2D eigenvalue weighted by Gasteiger charge is -2.30. The lowest BCUT2D eigenvalue weighted by atomic mass is 10.1. The van der Waals surface area contributed by atoms with Crippen molar-refractivity contribution in [2.75, 3.05) is 24.6 Å². The van der Waals surface area contributed by atoms with E-state index < -0.39 is 18.4 Å². The van der Waals surface area contributed by atoms with Crippen LogP contribution in [0.25, 0.3) is 16.8 Å². The highest BCUT2D eigenvalue weighted by Gasteiger charge is 2.29. The van der Waals surface area contributed by atoms with Gasteiger partial charge in [-0.3, -0.25) is 4.72 Å². The zero-order valence-corrected chi connectivity index (χ0v) is 18.9. The Balaban J connectivity index is 1.73. The molecule has 1 saturated heterocycles. The molecule has 1 fully saturated rings. The number of fused-ring (bicyclic) bond motifs is 1. The highest BCUT2D eigenvalue weighted by molar-refractivity contribution is 8.01. The number of anilines is 1. The Morgan fingerprint density at radius 2 is 1.90 bits per heavy atom. The van der Waals surface area contributed by atoms with Crippen LogP contribution in [-0.2, 0) is 4.74 Å². The predicted molar refractivity (Wildman–Crippen MR) is 127 cm³/mol. The van der Waals surface area contributed by atoms with Crippen LogP contribution in [0, 0.1) is 11.3 Å². The average Bonchev–Trinajstić information content (AvgIpc) is 2.78. The average molecular weight is 442 g/mol. The van der Waals surface area contributed by atoms with Crippen molar-refractivity contribution in [2.45, 2.75) is 51.5 Å². The van der Waals surface area contributed by atoms with Crippen molar-refractivity contribution in [1.82, 2.24) is 4.72 Å². The summed E-state index contributed by atoms with van der Waals surface area (Å²) in [4.78, 5) is 2.89. The number of nitriles is 1. The van der Waals surface area contributed by atoms with Gasteiger partial charge < -0.3 is 19.8 Å². The standard InChI is InChI=1S/C24H31N3O3S/c1-3-9-27(10-4-2)20-8-7-18-11-17(5-6-19(18)13-20)12-22(15-25)31-26-23-14-21(28)16-30-24(23)29/h5-8,11-13,21,23-24,26,28-29H,3-4,9-10,14,16H2,1-2H3/b22-12+. The van der Waals surface area contributed by atoms with Crippen LogP contribution in [0.1, 0.15) is 38.7 Å². The van der Waals surface area contributed by atoms with Crippen molar-refractivity contribution in [1.29, 1.82) is 5.26 Å². The summed E-state index contributed by atoms with van der Waals surface area (Å²) in [5.41, 5.74) is 2.18. The predicted octanol–water partition coefficient (Wildman–Crippen LogP) is 4.04. The molecule has 6 nitrogen and oxygen atoms in total. The highest BCUT2D eigenvalue weighted by Crippen LogP contribution is 2.26. The molecule has 1 aliphatic heterocycles. The maximum absolute atomic E-state index is 9.89. The van der Waals surface area contributed by atoms with Gasteiger partial charge in [0.2, 0.25) is 0 Å². The van der Waals surface area contributed by atoms with E-state index in [1.807, 2.05) is 12.1 Å². The normalized spacial score (nSPS) is 21.8. The minimum Gasteiger partial charge on any atom is -0.391 e. The Bertz CT molecular complexity index is 937. The molecule has 1 heterocycles. The first-order valence-electron chi connectivity index (χ1n) is 10.8. The molecule has 3 unspecified atom stereocenters. The fourth-order valence-corrected chi connectivity index (χ4v) is 4.46. The number of hydrogen-bond donors (Lipinski definition) is 3. The number of rotatable bonds is 9. The van der Waals surface area contributed by atoms with Gasteiger partial charge in [-0.25, -0.2) is 0 Å². The molecule has 2 aromatic carbocycles. The monoisotopic (exact) mass is 441 g/mol. The summed E-state index contributed by atoms with van der Waals surface area (Å²) in [6.07, 6.45) is 2.81. The summed E-state index contributed by atoms with van der Waals surface area (Å²) in [5.74, 6) is 0. The molecule has 3 atom stereocenters. The zero-order valence-electron chi connectivity index (χ0n) is 18.1. The van der Waals surface area contributed by atoms with Crippen LogP contribution in [0.5, 0.6) is 0 Å². The van der Waals surface area contributed by atoms with Gasteiger partial charge in [-0.15, -0.1) is 0 Å². The SMILES string of the molecule is CCCN(CCC)c1ccc2cc(/C=C(\C#N)SNC3CC(O)COC3O)ccc2c1. The number of hydrogen-bond acceptors (Lipinski definition) is 7. The van der Waals surface area contributed by atoms with Gasteiger partial charge in [0, 0.05) is 18.8 Å². The van der Waals surface area contributed by atoms with E-state index in [1.165, 1.54) is 11.1 Å². The van der Waals surface area contributed by atoms with E-state index in [0.717, 1.165) is 48.8 Å². The van der Waals surface area contributed by atoms with Gasteiger partial charge in [-0.1, -0.05) is 32.0 Å². The number of nitrogens with one attached hydrogen (secondary N) is 1. The van der Waals surface area contributed by atoms with Crippen molar-refractivity contribution in [3.05, 3.63) is 46.9 Å². The number of allylic oxidation sites excluding steroid dienone is 1. The Hall–Kier alpha value is -2.08. The summed E-state index contributed by atoms with van der Waals surface area (Å²) in [5, 5.41) is 31.4. The largest absolute Gasteiger partial charge is 0.391 e. The molecule has 2 aromatic rings. The molecule has 7 heteroatoms. The van der Waals surface area contributed by atoms with Crippen LogP contribution in [0.4, 0.5) is 5.69 Å². The quantitative estimate of drug-likeness (QED) is 0.400. The molecular weight excluding hydrogens is 410 g/mol. The van der Waals surface area contributed by atoms with E-state index in [0.29, 0.717) is 11.3 Å². The second kappa shape index (κ2) is 11.5. The smallest absolute Gasteiger partial charge is 0.171 e. The molecule has 0 aromatic heterocycles. The fourth-order valence-electron chi connectivity index (χ4n) is 3.73. The number of benzene rings is 2. The third-order valence-corrected chi connectivity index (χ3v) is 6.11. The maximum atomic E-state index is 9.89. The van der Waals surface area contributed by atoms with Crippen molar-refractivity contribution in [2.24, 2.45) is 0 Å². The number of aliphatic hydroxyl groups is 2. The topological polar surface area (TPSA) is 88.8 Å². The number of nitrogens with zero attached hydrogens (tertiary/aromatic N) is 2. The zero-order chi connectivity index (χ0) is 22.2. The van der Waals surface area contributed by atoms with Gasteiger partial charge in [0.1, 0.15) is 11.0 Å². The van der Waals surface area contributed by atoms with E-state index in [1.54, 1.807) is 0 Å². The third-order valence-electron chi connectivity index (χ3n) is 5.26. The summed E-state index contributed by atoms with van der Waals surface area (Å²) in [6.45, 7) is 6.62. The van der Waals surface area contributed by atoms with Crippen LogP contribution in [0.2, 0.25) is 0 Å². The molecule has 31 heavy (non-hydrogen) atoms. The molecule has 3 rings (SSSR count). The molecule has 0 aliphatic carbocycles. The molecule has 0 radical (unpaired) electrons. The Morgan fingerprint density at radius 1 is 1.19 bits per heavy atom. The van der Waals surface area contributed by atoms with Crippen molar-refractivity contribution < 1.29 is 14.9 Å². The van der Waals surface area contributed by atoms with Gasteiger partial charge in [0.15, 0.2) is 6.29 Å². The Morgan fingerprint density at radius 3 is 2.61 bits per heavy atom. The molecule has 166 valence electrons. The lowest BCUT2D eigenvalue weighted by molar-refractivity contribution is -0.168. The van der Waals surface area contributed by atoms with E-state index in [-0.39, 0.29) is 6.61 Å². The van der Waals surface area contributed by atoms with Crippen molar-refractivity contribution in [3.8, 4) is 6.07 Å². The lowest BCUT2D eigenvalue weighted by Crippen LogP contribution is -2.46. The number of aliphatic hydroxyl groups excluding tert-OH is 2. The van der Waals surface area contributed by atoms with Crippen LogP contribution in [-0.4, -0.2) is 48.3 Å². The van der Waals surface area contributed by atoms with E-state index in [9.17, 15) is 15.5 Å². The molecule has 1 aliphatic rings. The summed E-state index contributed by atoms with van der Waals surface area (Å²) < 4.78 is 8.16. The molecule has 0 bridgehead atoms. The van der Waals surface area contributed by atoms with Crippen molar-refractivity contribution in [3.63, 3.8) is 0 Å². The van der Waals surface area contributed by atoms with E-state index in [4.69, 9.17) is 4.74 Å². The van der Waals surface area contributed by atoms with Gasteiger partial charge in [0.25, 0.3) is 0 Å². The Labute approximate surface area is 188 Å². The first-order chi connectivity index (χ1) is 15.0. The molecule has 0 amide bonds. The van der Waals surface area contributed by atoms with Gasteiger partial charge in [0.05, 0.1) is 18.8 Å².